The third-order valence-corrected chi connectivity index (χ3v) is 12.7. The first-order valence-corrected chi connectivity index (χ1v) is 22.9. The SMILES string of the molecule is CN(CCC(=O)N1CCC([C@@H]2CCN=C(C(C(N)=O)=C(N)c3ccc(Oc4ccccc4)cc3)N2)CC1)Cc1ccc(N2CCN(C(=O)c3cccc(N(C)CCC(=O)NC=O)c3)CC2)cn1. The van der Waals surface area contributed by atoms with E-state index in [2.05, 4.69) is 31.5 Å². The molecule has 0 saturated carbocycles. The van der Waals surface area contributed by atoms with Crippen LogP contribution in [0.3, 0.4) is 0 Å². The lowest BCUT2D eigenvalue weighted by atomic mass is 9.86. The van der Waals surface area contributed by atoms with Crippen molar-refractivity contribution >= 4 is 52.9 Å². The highest BCUT2D eigenvalue weighted by molar-refractivity contribution is 6.25. The van der Waals surface area contributed by atoms with Crippen LogP contribution in [0.1, 0.15) is 53.7 Å². The lowest BCUT2D eigenvalue weighted by Crippen LogP contribution is -2.50. The average molecular weight is 912 g/mol. The molecule has 3 aromatic carbocycles. The van der Waals surface area contributed by atoms with E-state index in [4.69, 9.17) is 21.2 Å². The molecular formula is C50H61N11O6. The maximum Gasteiger partial charge on any atom is 0.254 e. The number of aromatic nitrogens is 1. The van der Waals surface area contributed by atoms with Crippen molar-refractivity contribution in [3.05, 3.63) is 120 Å². The molecule has 0 spiro atoms. The van der Waals surface area contributed by atoms with Crippen LogP contribution >= 0.6 is 0 Å². The number of piperidine rings is 1. The molecule has 1 aromatic heterocycles. The van der Waals surface area contributed by atoms with Crippen molar-refractivity contribution in [1.82, 2.24) is 30.3 Å². The number of imide groups is 1. The molecule has 0 unspecified atom stereocenters. The Morgan fingerprint density at radius 3 is 2.22 bits per heavy atom. The van der Waals surface area contributed by atoms with Crippen LogP contribution in [0.4, 0.5) is 11.4 Å². The summed E-state index contributed by atoms with van der Waals surface area (Å²) in [5.74, 6) is 1.14. The topological polar surface area (TPSA) is 212 Å². The maximum atomic E-state index is 13.4. The summed E-state index contributed by atoms with van der Waals surface area (Å²) in [4.78, 5) is 81.2. The Morgan fingerprint density at radius 1 is 0.806 bits per heavy atom. The van der Waals surface area contributed by atoms with Crippen molar-refractivity contribution < 1.29 is 28.7 Å². The van der Waals surface area contributed by atoms with Gasteiger partial charge in [-0.1, -0.05) is 24.3 Å². The number of carbonyl (C=O) groups excluding carboxylic acids is 5. The molecule has 352 valence electrons. The molecule has 7 rings (SSSR count). The van der Waals surface area contributed by atoms with E-state index in [1.54, 1.807) is 30.3 Å². The highest BCUT2D eigenvalue weighted by Crippen LogP contribution is 2.28. The van der Waals surface area contributed by atoms with Gasteiger partial charge in [-0.2, -0.15) is 0 Å². The summed E-state index contributed by atoms with van der Waals surface area (Å²) in [5, 5.41) is 5.63. The summed E-state index contributed by atoms with van der Waals surface area (Å²) in [5.41, 5.74) is 16.8. The predicted molar refractivity (Wildman–Crippen MR) is 258 cm³/mol. The molecule has 17 heteroatoms. The molecule has 4 heterocycles. The number of primary amides is 1. The Morgan fingerprint density at radius 2 is 1.54 bits per heavy atom. The van der Waals surface area contributed by atoms with E-state index < -0.39 is 5.91 Å². The van der Waals surface area contributed by atoms with Crippen LogP contribution in [-0.4, -0.2) is 135 Å². The second-order valence-electron chi connectivity index (χ2n) is 17.3. The predicted octanol–water partition coefficient (Wildman–Crippen LogP) is 3.61. The van der Waals surface area contributed by atoms with Gasteiger partial charge in [0.2, 0.25) is 18.2 Å². The third kappa shape index (κ3) is 12.8. The van der Waals surface area contributed by atoms with Crippen molar-refractivity contribution in [1.29, 1.82) is 0 Å². The van der Waals surface area contributed by atoms with Gasteiger partial charge in [0.05, 0.1) is 23.3 Å². The number of amidine groups is 1. The molecule has 6 N–H and O–H groups in total. The molecule has 0 aliphatic carbocycles. The number of amides is 5. The van der Waals surface area contributed by atoms with Gasteiger partial charge in [0.1, 0.15) is 22.9 Å². The minimum absolute atomic E-state index is 0.0410. The van der Waals surface area contributed by atoms with Gasteiger partial charge in [0.15, 0.2) is 0 Å². The summed E-state index contributed by atoms with van der Waals surface area (Å²) in [6.07, 6.45) is 5.31. The zero-order chi connectivity index (χ0) is 47.3. The van der Waals surface area contributed by atoms with Gasteiger partial charge in [-0.25, -0.2) is 0 Å². The molecule has 17 nitrogen and oxygen atoms in total. The molecule has 3 aliphatic heterocycles. The van der Waals surface area contributed by atoms with Crippen molar-refractivity contribution in [2.45, 2.75) is 44.7 Å². The maximum absolute atomic E-state index is 13.4. The third-order valence-electron chi connectivity index (χ3n) is 12.7. The number of aliphatic imine (C=N–C) groups is 1. The molecule has 0 bridgehead atoms. The number of likely N-dealkylation sites (tertiary alicyclic amines) is 1. The highest BCUT2D eigenvalue weighted by atomic mass is 16.5. The molecule has 4 aromatic rings. The summed E-state index contributed by atoms with van der Waals surface area (Å²) in [6.45, 7) is 5.98. The number of carbonyl (C=O) groups is 5. The Hall–Kier alpha value is -7.27. The van der Waals surface area contributed by atoms with Crippen molar-refractivity contribution in [2.75, 3.05) is 82.8 Å². The molecule has 67 heavy (non-hydrogen) atoms. The monoisotopic (exact) mass is 911 g/mol. The van der Waals surface area contributed by atoms with Gasteiger partial charge >= 0.3 is 0 Å². The number of nitrogens with zero attached hydrogens (tertiary/aromatic N) is 7. The van der Waals surface area contributed by atoms with Crippen LogP contribution in [0.2, 0.25) is 0 Å². The number of rotatable bonds is 18. The largest absolute Gasteiger partial charge is 0.457 e. The van der Waals surface area contributed by atoms with Gasteiger partial charge in [-0.3, -0.25) is 39.3 Å². The van der Waals surface area contributed by atoms with Crippen LogP contribution in [0, 0.1) is 5.92 Å². The van der Waals surface area contributed by atoms with E-state index in [0.717, 1.165) is 36.3 Å². The summed E-state index contributed by atoms with van der Waals surface area (Å²) in [7, 11) is 3.84. The zero-order valence-electron chi connectivity index (χ0n) is 38.3. The van der Waals surface area contributed by atoms with E-state index in [1.165, 1.54) is 0 Å². The summed E-state index contributed by atoms with van der Waals surface area (Å²) >= 11 is 0. The number of ether oxygens (including phenoxy) is 1. The minimum atomic E-state index is -0.654. The number of piperazine rings is 1. The van der Waals surface area contributed by atoms with Gasteiger partial charge in [-0.15, -0.1) is 0 Å². The van der Waals surface area contributed by atoms with Crippen LogP contribution in [0.15, 0.2) is 108 Å². The quantitative estimate of drug-likeness (QED) is 0.0834. The van der Waals surface area contributed by atoms with Crippen molar-refractivity contribution in [3.8, 4) is 11.5 Å². The van der Waals surface area contributed by atoms with Crippen LogP contribution < -0.4 is 36.6 Å². The Bertz CT molecular complexity index is 2410. The minimum Gasteiger partial charge on any atom is -0.457 e. The van der Waals surface area contributed by atoms with Crippen molar-refractivity contribution in [2.24, 2.45) is 22.4 Å². The van der Waals surface area contributed by atoms with Gasteiger partial charge < -0.3 is 46.0 Å². The molecule has 3 aliphatic rings. The summed E-state index contributed by atoms with van der Waals surface area (Å²) < 4.78 is 5.90. The standard InChI is InChI=1S/C50H61N11O6/c1-57(33-38-13-14-40(32-54-38)59-27-29-61(30-28-59)50(66)37-7-6-8-39(31-37)58(2)24-20-44(63)55-34-62)23-21-45(64)60-25-18-35(19-26-60)43-17-22-53-49(56-43)46(48(52)65)47(51)36-11-15-42(16-12-36)67-41-9-4-3-5-10-41/h3-16,31-32,34-35,43H,17-30,33,51H2,1-2H3,(H2,52,65)(H,53,56)(H,55,62,63)/t43-/m0/s1. The number of hydrogen-bond donors (Lipinski definition) is 4. The Kier molecular flexibility index (Phi) is 16.2. The van der Waals surface area contributed by atoms with Crippen LogP contribution in [-0.2, 0) is 25.7 Å². The number of nitrogens with two attached hydrogens (primary N) is 2. The smallest absolute Gasteiger partial charge is 0.254 e. The van der Waals surface area contributed by atoms with Gasteiger partial charge in [0.25, 0.3) is 11.8 Å². The van der Waals surface area contributed by atoms with Gasteiger partial charge in [-0.05, 0) is 105 Å². The molecule has 0 radical (unpaired) electrons. The number of hydrogen-bond acceptors (Lipinski definition) is 13. The number of anilines is 2. The molecule has 1 atom stereocenters. The number of pyridine rings is 1. The zero-order valence-corrected chi connectivity index (χ0v) is 38.3. The van der Waals surface area contributed by atoms with E-state index in [9.17, 15) is 24.0 Å². The first-order valence-electron chi connectivity index (χ1n) is 22.9. The van der Waals surface area contributed by atoms with Crippen molar-refractivity contribution in [3.63, 3.8) is 0 Å². The van der Waals surface area contributed by atoms with Gasteiger partial charge in [0, 0.05) is 103 Å². The molecular weight excluding hydrogens is 851 g/mol. The number of nitrogens with one attached hydrogen (secondary N) is 2. The normalized spacial score (nSPS) is 16.9. The second-order valence-corrected chi connectivity index (χ2v) is 17.3. The Labute approximate surface area is 391 Å². The molecule has 5 amide bonds. The lowest BCUT2D eigenvalue weighted by Gasteiger charge is -2.38. The fraction of sp³-hybridized carbons (Fsp3) is 0.380. The number of para-hydroxylation sites is 1. The first kappa shape index (κ1) is 47.7. The van der Waals surface area contributed by atoms with E-state index in [-0.39, 0.29) is 41.5 Å². The fourth-order valence-corrected chi connectivity index (χ4v) is 8.77. The highest BCUT2D eigenvalue weighted by Gasteiger charge is 2.32. The molecule has 2 fully saturated rings. The van der Waals surface area contributed by atoms with E-state index >= 15 is 0 Å². The van der Waals surface area contributed by atoms with E-state index in [1.807, 2.05) is 89.6 Å². The average Bonchev–Trinajstić information content (AvgIpc) is 3.35. The number of benzene rings is 3. The summed E-state index contributed by atoms with van der Waals surface area (Å²) in [6, 6.07) is 28.2. The first-order chi connectivity index (χ1) is 32.4. The van der Waals surface area contributed by atoms with Crippen LogP contribution in [0.5, 0.6) is 11.5 Å². The second kappa shape index (κ2) is 22.8. The van der Waals surface area contributed by atoms with Crippen LogP contribution in [0.25, 0.3) is 5.70 Å². The molecule has 2 saturated heterocycles. The fourth-order valence-electron chi connectivity index (χ4n) is 8.77. The van der Waals surface area contributed by atoms with E-state index in [0.29, 0.717) is 113 Å². The lowest BCUT2D eigenvalue weighted by molar-refractivity contribution is -0.133. The Balaban J connectivity index is 0.819.